The molecule has 0 aliphatic carbocycles. The van der Waals surface area contributed by atoms with Gasteiger partial charge in [-0.1, -0.05) is 12.7 Å². The van der Waals surface area contributed by atoms with Gasteiger partial charge in [-0.15, -0.1) is 0 Å². The molecule has 0 spiro atoms. The van der Waals surface area contributed by atoms with E-state index in [0.29, 0.717) is 30.4 Å². The third-order valence-electron chi connectivity index (χ3n) is 3.27. The van der Waals surface area contributed by atoms with E-state index in [0.717, 1.165) is 0 Å². The number of nitrogens with zero attached hydrogens (tertiary/aromatic N) is 1. The topological polar surface area (TPSA) is 21.7 Å². The number of allylic oxidation sites excluding steroid dienone is 3. The lowest BCUT2D eigenvalue weighted by Gasteiger charge is -2.30. The minimum absolute atomic E-state index is 0.218. The Bertz CT molecular complexity index is 626. The normalized spacial score (nSPS) is 14.4. The molecule has 0 saturated heterocycles. The van der Waals surface area contributed by atoms with Crippen molar-refractivity contribution in [1.29, 1.82) is 0 Å². The van der Waals surface area contributed by atoms with Crippen molar-refractivity contribution in [3.8, 4) is 5.75 Å². The lowest BCUT2D eigenvalue weighted by Crippen LogP contribution is -2.27. The fourth-order valence-electron chi connectivity index (χ4n) is 2.21. The highest BCUT2D eigenvalue weighted by Gasteiger charge is 2.22. The van der Waals surface area contributed by atoms with E-state index in [4.69, 9.17) is 9.47 Å². The summed E-state index contributed by atoms with van der Waals surface area (Å²) in [5.41, 5.74) is 0.955. The van der Waals surface area contributed by atoms with Gasteiger partial charge in [0.05, 0.1) is 18.8 Å². The van der Waals surface area contributed by atoms with Crippen molar-refractivity contribution in [3.63, 3.8) is 0 Å². The number of rotatable bonds is 7. The first-order valence-corrected chi connectivity index (χ1v) is 7.07. The summed E-state index contributed by atoms with van der Waals surface area (Å²) in [5, 5.41) is 0. The van der Waals surface area contributed by atoms with Crippen LogP contribution in [0.1, 0.15) is 5.56 Å². The fourth-order valence-corrected chi connectivity index (χ4v) is 2.21. The molecule has 124 valence electrons. The number of hydrogen-bond acceptors (Lipinski definition) is 3. The molecule has 0 fully saturated rings. The molecule has 1 aliphatic heterocycles. The summed E-state index contributed by atoms with van der Waals surface area (Å²) in [6.07, 6.45) is 2.29. The Hall–Kier alpha value is -2.21. The van der Waals surface area contributed by atoms with Crippen molar-refractivity contribution in [3.05, 3.63) is 60.1 Å². The maximum atomic E-state index is 14.4. The van der Waals surface area contributed by atoms with Crippen LogP contribution < -0.4 is 4.74 Å². The minimum atomic E-state index is -2.55. The predicted octanol–water partition coefficient (Wildman–Crippen LogP) is 3.84. The van der Waals surface area contributed by atoms with Crippen LogP contribution in [0.25, 0.3) is 5.70 Å². The maximum Gasteiger partial charge on any atom is 0.256 e. The molecule has 0 bridgehead atoms. The van der Waals surface area contributed by atoms with Crippen LogP contribution in [0.5, 0.6) is 5.75 Å². The summed E-state index contributed by atoms with van der Waals surface area (Å²) >= 11 is 0. The van der Waals surface area contributed by atoms with Crippen molar-refractivity contribution in [2.24, 2.45) is 0 Å². The van der Waals surface area contributed by atoms with Gasteiger partial charge in [-0.25, -0.2) is 13.2 Å². The number of ether oxygens (including phenoxy) is 2. The van der Waals surface area contributed by atoms with Crippen LogP contribution in [0.4, 0.5) is 13.2 Å². The van der Waals surface area contributed by atoms with Crippen LogP contribution in [-0.2, 0) is 4.74 Å². The lowest BCUT2D eigenvalue weighted by molar-refractivity contribution is 0.123. The zero-order valence-electron chi connectivity index (χ0n) is 12.8. The molecule has 1 aromatic rings. The molecule has 0 saturated carbocycles. The van der Waals surface area contributed by atoms with Gasteiger partial charge < -0.3 is 14.4 Å². The van der Waals surface area contributed by atoms with Crippen molar-refractivity contribution < 1.29 is 22.6 Å². The van der Waals surface area contributed by atoms with Gasteiger partial charge >= 0.3 is 0 Å². The van der Waals surface area contributed by atoms with Gasteiger partial charge in [0, 0.05) is 24.4 Å². The van der Waals surface area contributed by atoms with Crippen LogP contribution in [0.3, 0.4) is 0 Å². The molecule has 0 atom stereocenters. The van der Waals surface area contributed by atoms with Crippen molar-refractivity contribution in [1.82, 2.24) is 4.90 Å². The van der Waals surface area contributed by atoms with E-state index in [1.807, 2.05) is 0 Å². The molecule has 0 unspecified atom stereocenters. The molecule has 0 aromatic heterocycles. The first-order valence-electron chi connectivity index (χ1n) is 7.07. The Morgan fingerprint density at radius 3 is 2.70 bits per heavy atom. The summed E-state index contributed by atoms with van der Waals surface area (Å²) in [4.78, 5) is 1.30. The van der Waals surface area contributed by atoms with Gasteiger partial charge in [-0.3, -0.25) is 0 Å². The molecule has 6 heteroatoms. The summed E-state index contributed by atoms with van der Waals surface area (Å²) in [7, 11) is 1.54. The van der Waals surface area contributed by atoms with Gasteiger partial charge in [-0.2, -0.15) is 0 Å². The van der Waals surface area contributed by atoms with Crippen LogP contribution in [0.2, 0.25) is 0 Å². The SMILES string of the molecule is C=C1C=CC=C(c2ccc(OCCOC)cc2F)N1CC(F)F. The summed E-state index contributed by atoms with van der Waals surface area (Å²) < 4.78 is 50.1. The van der Waals surface area contributed by atoms with Crippen molar-refractivity contribution >= 4 is 5.70 Å². The first kappa shape index (κ1) is 17.1. The van der Waals surface area contributed by atoms with E-state index in [2.05, 4.69) is 6.58 Å². The van der Waals surface area contributed by atoms with Gasteiger partial charge in [0.1, 0.15) is 18.2 Å². The summed E-state index contributed by atoms with van der Waals surface area (Å²) in [6.45, 7) is 3.88. The molecule has 1 aliphatic rings. The van der Waals surface area contributed by atoms with Crippen LogP contribution in [0, 0.1) is 5.82 Å². The highest BCUT2D eigenvalue weighted by Crippen LogP contribution is 2.31. The highest BCUT2D eigenvalue weighted by atomic mass is 19.3. The second-order valence-electron chi connectivity index (χ2n) is 4.89. The molecule has 3 nitrogen and oxygen atoms in total. The summed E-state index contributed by atoms with van der Waals surface area (Å²) in [6, 6.07) is 4.33. The molecule has 23 heavy (non-hydrogen) atoms. The standard InChI is InChI=1S/C17H18F3NO2/c1-12-4-3-5-16(21(12)11-17(19)20)14-7-6-13(10-15(14)18)23-9-8-22-2/h3-7,10,17H,1,8-9,11H2,2H3. The van der Waals surface area contributed by atoms with Crippen molar-refractivity contribution in [2.45, 2.75) is 6.43 Å². The van der Waals surface area contributed by atoms with E-state index in [-0.39, 0.29) is 5.56 Å². The van der Waals surface area contributed by atoms with Crippen LogP contribution in [-0.4, -0.2) is 38.2 Å². The zero-order chi connectivity index (χ0) is 16.8. The second-order valence-corrected chi connectivity index (χ2v) is 4.89. The van der Waals surface area contributed by atoms with Gasteiger partial charge in [-0.05, 0) is 24.3 Å². The van der Waals surface area contributed by atoms with E-state index >= 15 is 0 Å². The smallest absolute Gasteiger partial charge is 0.256 e. The average molecular weight is 325 g/mol. The molecule has 2 rings (SSSR count). The zero-order valence-corrected chi connectivity index (χ0v) is 12.8. The monoisotopic (exact) mass is 325 g/mol. The Morgan fingerprint density at radius 1 is 1.26 bits per heavy atom. The number of halogens is 3. The molecular formula is C17H18F3NO2. The third kappa shape index (κ3) is 4.39. The van der Waals surface area contributed by atoms with Gasteiger partial charge in [0.15, 0.2) is 0 Å². The largest absolute Gasteiger partial charge is 0.491 e. The third-order valence-corrected chi connectivity index (χ3v) is 3.27. The Kier molecular flexibility index (Phi) is 5.87. The van der Waals surface area contributed by atoms with E-state index < -0.39 is 18.8 Å². The first-order chi connectivity index (χ1) is 11.0. The maximum absolute atomic E-state index is 14.4. The molecule has 1 aromatic carbocycles. The van der Waals surface area contributed by atoms with Gasteiger partial charge in [0.25, 0.3) is 6.43 Å². The Labute approximate surface area is 133 Å². The van der Waals surface area contributed by atoms with Crippen molar-refractivity contribution in [2.75, 3.05) is 26.9 Å². The number of methoxy groups -OCH3 is 1. The van der Waals surface area contributed by atoms with Crippen LogP contribution in [0.15, 0.2) is 48.7 Å². The number of alkyl halides is 2. The quantitative estimate of drug-likeness (QED) is 0.711. The molecule has 0 amide bonds. The predicted molar refractivity (Wildman–Crippen MR) is 82.7 cm³/mol. The molecule has 0 radical (unpaired) electrons. The molecular weight excluding hydrogens is 307 g/mol. The number of hydrogen-bond donors (Lipinski definition) is 0. The fraction of sp³-hybridized carbons (Fsp3) is 0.294. The number of benzene rings is 1. The van der Waals surface area contributed by atoms with E-state index in [1.165, 1.54) is 17.0 Å². The minimum Gasteiger partial charge on any atom is -0.491 e. The molecule has 0 N–H and O–H groups in total. The van der Waals surface area contributed by atoms with Crippen LogP contribution >= 0.6 is 0 Å². The average Bonchev–Trinajstić information content (AvgIpc) is 2.50. The summed E-state index contributed by atoms with van der Waals surface area (Å²) in [5.74, 6) is -0.192. The highest BCUT2D eigenvalue weighted by molar-refractivity contribution is 5.70. The van der Waals surface area contributed by atoms with Gasteiger partial charge in [0.2, 0.25) is 0 Å². The molecule has 1 heterocycles. The second kappa shape index (κ2) is 7.87. The Balaban J connectivity index is 2.23. The Morgan fingerprint density at radius 2 is 2.04 bits per heavy atom. The van der Waals surface area contributed by atoms with E-state index in [9.17, 15) is 13.2 Å². The van der Waals surface area contributed by atoms with E-state index in [1.54, 1.807) is 31.4 Å². The lowest BCUT2D eigenvalue weighted by atomic mass is 10.1.